The quantitative estimate of drug-likeness (QED) is 0.702. The van der Waals surface area contributed by atoms with Gasteiger partial charge in [-0.25, -0.2) is 0 Å². The summed E-state index contributed by atoms with van der Waals surface area (Å²) in [4.78, 5) is 24.5. The first-order chi connectivity index (χ1) is 9.40. The van der Waals surface area contributed by atoms with E-state index >= 15 is 0 Å². The van der Waals surface area contributed by atoms with Crippen LogP contribution in [-0.2, 0) is 9.59 Å². The summed E-state index contributed by atoms with van der Waals surface area (Å²) in [6, 6.07) is 7.65. The number of hydrogen-bond donors (Lipinski definition) is 2. The number of carbonyl (C=O) groups is 2. The van der Waals surface area contributed by atoms with Gasteiger partial charge in [-0.1, -0.05) is 12.1 Å². The number of aliphatic carboxylic acids is 1. The Balaban J connectivity index is 2.58. The summed E-state index contributed by atoms with van der Waals surface area (Å²) >= 11 is 2.16. The summed E-state index contributed by atoms with van der Waals surface area (Å²) in [5.41, 5.74) is 0.778. The zero-order chi connectivity index (χ0) is 15.1. The fourth-order valence-electron chi connectivity index (χ4n) is 1.70. The minimum Gasteiger partial charge on any atom is -0.481 e. The van der Waals surface area contributed by atoms with Crippen molar-refractivity contribution in [1.82, 2.24) is 4.90 Å². The van der Waals surface area contributed by atoms with E-state index in [1.54, 1.807) is 0 Å². The van der Waals surface area contributed by atoms with Gasteiger partial charge in [0, 0.05) is 16.2 Å². The lowest BCUT2D eigenvalue weighted by Crippen LogP contribution is -2.39. The van der Waals surface area contributed by atoms with Gasteiger partial charge in [0.2, 0.25) is 5.91 Å². The third-order valence-electron chi connectivity index (χ3n) is 2.84. The standard InChI is InChI=1S/C14H19IN2O3/c1-10(2)17(8-7-14(19)20)9-13(18)16-12-6-4-3-5-11(12)15/h3-6,10H,7-9H2,1-2H3,(H,16,18)(H,19,20). The van der Waals surface area contributed by atoms with Crippen LogP contribution in [0.3, 0.4) is 0 Å². The predicted octanol–water partition coefficient (Wildman–Crippen LogP) is 2.41. The number of halogens is 1. The third-order valence-corrected chi connectivity index (χ3v) is 3.78. The van der Waals surface area contributed by atoms with Gasteiger partial charge in [0.15, 0.2) is 0 Å². The molecule has 0 fully saturated rings. The molecule has 0 heterocycles. The third kappa shape index (κ3) is 5.87. The van der Waals surface area contributed by atoms with Gasteiger partial charge in [-0.3, -0.25) is 14.5 Å². The number of rotatable bonds is 7. The summed E-state index contributed by atoms with van der Waals surface area (Å²) in [5, 5.41) is 11.6. The molecule has 110 valence electrons. The monoisotopic (exact) mass is 390 g/mol. The lowest BCUT2D eigenvalue weighted by atomic mass is 10.2. The van der Waals surface area contributed by atoms with E-state index in [-0.39, 0.29) is 24.9 Å². The highest BCUT2D eigenvalue weighted by atomic mass is 127. The Labute approximate surface area is 132 Å². The predicted molar refractivity (Wildman–Crippen MR) is 86.8 cm³/mol. The van der Waals surface area contributed by atoms with Crippen molar-refractivity contribution in [2.24, 2.45) is 0 Å². The molecule has 0 saturated carbocycles. The molecule has 0 bridgehead atoms. The summed E-state index contributed by atoms with van der Waals surface area (Å²) in [6.45, 7) is 4.45. The van der Waals surface area contributed by atoms with Crippen LogP contribution in [-0.4, -0.2) is 41.0 Å². The van der Waals surface area contributed by atoms with Gasteiger partial charge in [0.25, 0.3) is 0 Å². The topological polar surface area (TPSA) is 69.6 Å². The summed E-state index contributed by atoms with van der Waals surface area (Å²) < 4.78 is 0.972. The van der Waals surface area contributed by atoms with Crippen molar-refractivity contribution >= 4 is 40.2 Å². The van der Waals surface area contributed by atoms with Crippen molar-refractivity contribution in [3.05, 3.63) is 27.8 Å². The molecule has 0 aliphatic rings. The Morgan fingerprint density at radius 2 is 2.00 bits per heavy atom. The number of hydrogen-bond acceptors (Lipinski definition) is 3. The lowest BCUT2D eigenvalue weighted by molar-refractivity contribution is -0.137. The zero-order valence-corrected chi connectivity index (χ0v) is 13.8. The van der Waals surface area contributed by atoms with Crippen molar-refractivity contribution in [2.75, 3.05) is 18.4 Å². The fourth-order valence-corrected chi connectivity index (χ4v) is 2.22. The van der Waals surface area contributed by atoms with Gasteiger partial charge >= 0.3 is 5.97 Å². The molecule has 1 aromatic carbocycles. The van der Waals surface area contributed by atoms with Crippen LogP contribution in [0.25, 0.3) is 0 Å². The Morgan fingerprint density at radius 3 is 2.55 bits per heavy atom. The molecule has 1 aromatic rings. The van der Waals surface area contributed by atoms with Gasteiger partial charge < -0.3 is 10.4 Å². The average Bonchev–Trinajstić information content (AvgIpc) is 2.36. The van der Waals surface area contributed by atoms with E-state index in [1.807, 2.05) is 43.0 Å². The molecule has 20 heavy (non-hydrogen) atoms. The highest BCUT2D eigenvalue weighted by molar-refractivity contribution is 14.1. The molecule has 0 aromatic heterocycles. The number of carboxylic acid groups (broad SMARTS) is 1. The average molecular weight is 390 g/mol. The van der Waals surface area contributed by atoms with E-state index in [0.29, 0.717) is 6.54 Å². The van der Waals surface area contributed by atoms with Crippen molar-refractivity contribution in [3.8, 4) is 0 Å². The van der Waals surface area contributed by atoms with E-state index in [9.17, 15) is 9.59 Å². The highest BCUT2D eigenvalue weighted by Crippen LogP contribution is 2.16. The second-order valence-electron chi connectivity index (χ2n) is 4.74. The number of benzene rings is 1. The number of amides is 1. The summed E-state index contributed by atoms with van der Waals surface area (Å²) in [7, 11) is 0. The zero-order valence-electron chi connectivity index (χ0n) is 11.6. The van der Waals surface area contributed by atoms with E-state index in [4.69, 9.17) is 5.11 Å². The van der Waals surface area contributed by atoms with Crippen LogP contribution < -0.4 is 5.32 Å². The maximum atomic E-state index is 12.0. The molecule has 0 saturated heterocycles. The molecule has 0 aliphatic carbocycles. The van der Waals surface area contributed by atoms with Crippen molar-refractivity contribution in [2.45, 2.75) is 26.3 Å². The van der Waals surface area contributed by atoms with Crippen LogP contribution in [0.15, 0.2) is 24.3 Å². The van der Waals surface area contributed by atoms with Crippen LogP contribution in [0, 0.1) is 3.57 Å². The molecule has 0 aliphatic heterocycles. The number of nitrogens with one attached hydrogen (secondary N) is 1. The molecule has 0 spiro atoms. The molecule has 1 rings (SSSR count). The number of carbonyl (C=O) groups excluding carboxylic acids is 1. The Morgan fingerprint density at radius 1 is 1.35 bits per heavy atom. The van der Waals surface area contributed by atoms with Crippen LogP contribution in [0.5, 0.6) is 0 Å². The van der Waals surface area contributed by atoms with Crippen molar-refractivity contribution in [3.63, 3.8) is 0 Å². The number of para-hydroxylation sites is 1. The molecule has 0 atom stereocenters. The molecule has 0 unspecified atom stereocenters. The van der Waals surface area contributed by atoms with Crippen molar-refractivity contribution in [1.29, 1.82) is 0 Å². The molecule has 0 radical (unpaired) electrons. The molecular weight excluding hydrogens is 371 g/mol. The van der Waals surface area contributed by atoms with E-state index < -0.39 is 5.97 Å². The molecular formula is C14H19IN2O3. The van der Waals surface area contributed by atoms with E-state index in [0.717, 1.165) is 9.26 Å². The maximum absolute atomic E-state index is 12.0. The van der Waals surface area contributed by atoms with Crippen LogP contribution >= 0.6 is 22.6 Å². The maximum Gasteiger partial charge on any atom is 0.304 e. The smallest absolute Gasteiger partial charge is 0.304 e. The van der Waals surface area contributed by atoms with Crippen LogP contribution in [0.2, 0.25) is 0 Å². The van der Waals surface area contributed by atoms with Gasteiger partial charge in [-0.15, -0.1) is 0 Å². The lowest BCUT2D eigenvalue weighted by Gasteiger charge is -2.25. The Kier molecular flexibility index (Phi) is 6.94. The van der Waals surface area contributed by atoms with Gasteiger partial charge in [-0.2, -0.15) is 0 Å². The SMILES string of the molecule is CC(C)N(CCC(=O)O)CC(=O)Nc1ccccc1I. The highest BCUT2D eigenvalue weighted by Gasteiger charge is 2.15. The van der Waals surface area contributed by atoms with Crippen LogP contribution in [0.4, 0.5) is 5.69 Å². The van der Waals surface area contributed by atoms with Gasteiger partial charge in [0.1, 0.15) is 0 Å². The second-order valence-corrected chi connectivity index (χ2v) is 5.90. The fraction of sp³-hybridized carbons (Fsp3) is 0.429. The normalized spacial score (nSPS) is 10.8. The minimum absolute atomic E-state index is 0.0360. The van der Waals surface area contributed by atoms with Crippen LogP contribution in [0.1, 0.15) is 20.3 Å². The largest absolute Gasteiger partial charge is 0.481 e. The van der Waals surface area contributed by atoms with E-state index in [2.05, 4.69) is 27.9 Å². The Hall–Kier alpha value is -1.15. The minimum atomic E-state index is -0.853. The summed E-state index contributed by atoms with van der Waals surface area (Å²) in [5.74, 6) is -0.984. The first-order valence-electron chi connectivity index (χ1n) is 6.40. The number of anilines is 1. The first kappa shape index (κ1) is 16.9. The Bertz CT molecular complexity index is 477. The van der Waals surface area contributed by atoms with Crippen molar-refractivity contribution < 1.29 is 14.7 Å². The molecule has 6 heteroatoms. The molecule has 2 N–H and O–H groups in total. The number of nitrogens with zero attached hydrogens (tertiary/aromatic N) is 1. The van der Waals surface area contributed by atoms with Gasteiger partial charge in [-0.05, 0) is 48.6 Å². The van der Waals surface area contributed by atoms with E-state index in [1.165, 1.54) is 0 Å². The summed E-state index contributed by atoms with van der Waals surface area (Å²) in [6.07, 6.45) is 0.0360. The van der Waals surface area contributed by atoms with Gasteiger partial charge in [0.05, 0.1) is 18.7 Å². The first-order valence-corrected chi connectivity index (χ1v) is 7.48. The molecule has 1 amide bonds. The second kappa shape index (κ2) is 8.21. The molecule has 5 nitrogen and oxygen atoms in total. The number of carboxylic acids is 1.